The van der Waals surface area contributed by atoms with Gasteiger partial charge in [-0.2, -0.15) is 5.26 Å². The summed E-state index contributed by atoms with van der Waals surface area (Å²) in [5.74, 6) is 0. The van der Waals surface area contributed by atoms with Gasteiger partial charge in [0.25, 0.3) is 0 Å². The molecule has 0 radical (unpaired) electrons. The van der Waals surface area contributed by atoms with Gasteiger partial charge in [-0.3, -0.25) is 0 Å². The molecule has 1 saturated heterocycles. The third kappa shape index (κ3) is 2.81. The lowest BCUT2D eigenvalue weighted by Crippen LogP contribution is -2.27. The van der Waals surface area contributed by atoms with E-state index >= 15 is 0 Å². The Hall–Kier alpha value is -1.57. The van der Waals surface area contributed by atoms with Gasteiger partial charge in [0, 0.05) is 30.9 Å². The first-order chi connectivity index (χ1) is 8.72. The standard InChI is InChI=1S/C14H18N2O2/c1-11(17)13-4-3-12(10-15)9-14(13)16-5-2-7-18-8-6-16/h3-4,9,11,17H,2,5-8H2,1H3. The molecule has 0 amide bonds. The van der Waals surface area contributed by atoms with E-state index in [-0.39, 0.29) is 0 Å². The number of nitrogens with zero attached hydrogens (tertiary/aromatic N) is 2. The van der Waals surface area contributed by atoms with Crippen molar-refractivity contribution < 1.29 is 9.84 Å². The predicted octanol–water partition coefficient (Wildman–Crippen LogP) is 1.84. The van der Waals surface area contributed by atoms with E-state index in [0.29, 0.717) is 12.2 Å². The monoisotopic (exact) mass is 246 g/mol. The summed E-state index contributed by atoms with van der Waals surface area (Å²) >= 11 is 0. The number of aliphatic hydroxyl groups is 1. The highest BCUT2D eigenvalue weighted by Crippen LogP contribution is 2.28. The zero-order chi connectivity index (χ0) is 13.0. The molecular formula is C14H18N2O2. The molecule has 1 aliphatic rings. The summed E-state index contributed by atoms with van der Waals surface area (Å²) in [6, 6.07) is 7.59. The van der Waals surface area contributed by atoms with Crippen molar-refractivity contribution in [1.29, 1.82) is 5.26 Å². The molecule has 1 aromatic rings. The lowest BCUT2D eigenvalue weighted by Gasteiger charge is -2.26. The number of hydrogen-bond donors (Lipinski definition) is 1. The van der Waals surface area contributed by atoms with Gasteiger partial charge in [0.2, 0.25) is 0 Å². The molecule has 0 spiro atoms. The average molecular weight is 246 g/mol. The highest BCUT2D eigenvalue weighted by Gasteiger charge is 2.16. The van der Waals surface area contributed by atoms with Crippen LogP contribution in [0, 0.1) is 11.3 Å². The number of hydrogen-bond acceptors (Lipinski definition) is 4. The maximum absolute atomic E-state index is 9.83. The zero-order valence-electron chi connectivity index (χ0n) is 10.6. The highest BCUT2D eigenvalue weighted by atomic mass is 16.5. The molecule has 4 nitrogen and oxygen atoms in total. The molecule has 1 atom stereocenters. The van der Waals surface area contributed by atoms with Crippen molar-refractivity contribution in [2.75, 3.05) is 31.2 Å². The Balaban J connectivity index is 2.36. The van der Waals surface area contributed by atoms with Crippen LogP contribution in [0.4, 0.5) is 5.69 Å². The highest BCUT2D eigenvalue weighted by molar-refractivity contribution is 5.58. The Morgan fingerprint density at radius 1 is 1.39 bits per heavy atom. The molecule has 0 aromatic heterocycles. The Bertz CT molecular complexity index is 444. The van der Waals surface area contributed by atoms with Crippen LogP contribution in [-0.4, -0.2) is 31.4 Å². The van der Waals surface area contributed by atoms with Crippen molar-refractivity contribution in [1.82, 2.24) is 0 Å². The molecule has 1 unspecified atom stereocenters. The molecule has 0 saturated carbocycles. The van der Waals surface area contributed by atoms with Gasteiger partial charge in [-0.25, -0.2) is 0 Å². The van der Waals surface area contributed by atoms with Crippen LogP contribution in [0.5, 0.6) is 0 Å². The van der Waals surface area contributed by atoms with E-state index in [1.807, 2.05) is 12.1 Å². The van der Waals surface area contributed by atoms with E-state index < -0.39 is 6.10 Å². The quantitative estimate of drug-likeness (QED) is 0.865. The molecule has 1 aromatic carbocycles. The fourth-order valence-electron chi connectivity index (χ4n) is 2.23. The van der Waals surface area contributed by atoms with Crippen LogP contribution in [0.15, 0.2) is 18.2 Å². The molecule has 0 aliphatic carbocycles. The first-order valence-corrected chi connectivity index (χ1v) is 6.27. The Kier molecular flexibility index (Phi) is 4.19. The third-order valence-electron chi connectivity index (χ3n) is 3.17. The summed E-state index contributed by atoms with van der Waals surface area (Å²) in [6.45, 7) is 4.91. The van der Waals surface area contributed by atoms with Gasteiger partial charge in [0.15, 0.2) is 0 Å². The Morgan fingerprint density at radius 3 is 2.94 bits per heavy atom. The Labute approximate surface area is 107 Å². The largest absolute Gasteiger partial charge is 0.389 e. The zero-order valence-corrected chi connectivity index (χ0v) is 10.6. The minimum absolute atomic E-state index is 0.531. The second-order valence-electron chi connectivity index (χ2n) is 4.51. The first kappa shape index (κ1) is 12.9. The smallest absolute Gasteiger partial charge is 0.0992 e. The van der Waals surface area contributed by atoms with Crippen molar-refractivity contribution >= 4 is 5.69 Å². The predicted molar refractivity (Wildman–Crippen MR) is 69.4 cm³/mol. The van der Waals surface area contributed by atoms with Crippen LogP contribution in [0.25, 0.3) is 0 Å². The molecule has 96 valence electrons. The van der Waals surface area contributed by atoms with Gasteiger partial charge in [-0.1, -0.05) is 6.07 Å². The van der Waals surface area contributed by atoms with E-state index in [2.05, 4.69) is 11.0 Å². The number of aliphatic hydroxyl groups excluding tert-OH is 1. The summed E-state index contributed by atoms with van der Waals surface area (Å²) in [7, 11) is 0. The van der Waals surface area contributed by atoms with E-state index in [1.54, 1.807) is 13.0 Å². The summed E-state index contributed by atoms with van der Waals surface area (Å²) in [6.07, 6.45) is 0.438. The van der Waals surface area contributed by atoms with Crippen LogP contribution in [0.1, 0.15) is 30.6 Å². The number of benzene rings is 1. The third-order valence-corrected chi connectivity index (χ3v) is 3.17. The normalized spacial score (nSPS) is 17.9. The van der Waals surface area contributed by atoms with Crippen LogP contribution in [-0.2, 0) is 4.74 Å². The van der Waals surface area contributed by atoms with E-state index in [4.69, 9.17) is 10.00 Å². The van der Waals surface area contributed by atoms with Crippen LogP contribution in [0.3, 0.4) is 0 Å². The molecule has 4 heteroatoms. The minimum Gasteiger partial charge on any atom is -0.389 e. The number of rotatable bonds is 2. The van der Waals surface area contributed by atoms with Gasteiger partial charge in [0.05, 0.1) is 24.3 Å². The van der Waals surface area contributed by atoms with Crippen molar-refractivity contribution in [2.24, 2.45) is 0 Å². The van der Waals surface area contributed by atoms with Crippen molar-refractivity contribution in [3.63, 3.8) is 0 Å². The van der Waals surface area contributed by atoms with Crippen molar-refractivity contribution in [3.05, 3.63) is 29.3 Å². The number of nitriles is 1. The SMILES string of the molecule is CC(O)c1ccc(C#N)cc1N1CCCOCC1. The summed E-state index contributed by atoms with van der Waals surface area (Å²) in [4.78, 5) is 2.19. The first-order valence-electron chi connectivity index (χ1n) is 6.27. The lowest BCUT2D eigenvalue weighted by atomic mass is 10.0. The van der Waals surface area contributed by atoms with Crippen LogP contribution < -0.4 is 4.90 Å². The number of ether oxygens (including phenoxy) is 1. The fourth-order valence-corrected chi connectivity index (χ4v) is 2.23. The summed E-state index contributed by atoms with van der Waals surface area (Å²) in [5.41, 5.74) is 2.45. The molecule has 18 heavy (non-hydrogen) atoms. The Morgan fingerprint density at radius 2 is 2.22 bits per heavy atom. The molecule has 1 heterocycles. The van der Waals surface area contributed by atoms with Crippen molar-refractivity contribution in [2.45, 2.75) is 19.4 Å². The lowest BCUT2D eigenvalue weighted by molar-refractivity contribution is 0.152. The maximum Gasteiger partial charge on any atom is 0.0992 e. The van der Waals surface area contributed by atoms with E-state index in [1.165, 1.54) is 0 Å². The molecule has 1 N–H and O–H groups in total. The molecule has 1 fully saturated rings. The van der Waals surface area contributed by atoms with Gasteiger partial charge in [0.1, 0.15) is 0 Å². The van der Waals surface area contributed by atoms with Crippen molar-refractivity contribution in [3.8, 4) is 6.07 Å². The number of anilines is 1. The van der Waals surface area contributed by atoms with Crippen LogP contribution >= 0.6 is 0 Å². The van der Waals surface area contributed by atoms with Gasteiger partial charge >= 0.3 is 0 Å². The molecule has 2 rings (SSSR count). The summed E-state index contributed by atoms with van der Waals surface area (Å²) in [5, 5.41) is 18.8. The van der Waals surface area contributed by atoms with E-state index in [9.17, 15) is 5.11 Å². The average Bonchev–Trinajstić information content (AvgIpc) is 2.66. The second kappa shape index (κ2) is 5.85. The minimum atomic E-state index is -0.531. The fraction of sp³-hybridized carbons (Fsp3) is 0.500. The second-order valence-corrected chi connectivity index (χ2v) is 4.51. The van der Waals surface area contributed by atoms with Crippen LogP contribution in [0.2, 0.25) is 0 Å². The molecule has 1 aliphatic heterocycles. The van der Waals surface area contributed by atoms with Gasteiger partial charge in [-0.05, 0) is 25.5 Å². The van der Waals surface area contributed by atoms with E-state index in [0.717, 1.165) is 37.4 Å². The maximum atomic E-state index is 9.83. The molecule has 0 bridgehead atoms. The summed E-state index contributed by atoms with van der Waals surface area (Å²) < 4.78 is 5.43. The molecular weight excluding hydrogens is 228 g/mol. The van der Waals surface area contributed by atoms with Gasteiger partial charge < -0.3 is 14.7 Å². The topological polar surface area (TPSA) is 56.5 Å². The van der Waals surface area contributed by atoms with Gasteiger partial charge in [-0.15, -0.1) is 0 Å².